The summed E-state index contributed by atoms with van der Waals surface area (Å²) in [6, 6.07) is 9.90. The van der Waals surface area contributed by atoms with Gasteiger partial charge in [0.15, 0.2) is 0 Å². The number of hydrogen-bond acceptors (Lipinski definition) is 6. The third-order valence-corrected chi connectivity index (χ3v) is 6.94. The highest BCUT2D eigenvalue weighted by Crippen LogP contribution is 2.26. The zero-order valence-corrected chi connectivity index (χ0v) is 16.5. The first-order valence-electron chi connectivity index (χ1n) is 8.88. The molecule has 152 valence electrons. The van der Waals surface area contributed by atoms with E-state index in [1.54, 1.807) is 6.92 Å². The number of nitro groups is 1. The molecule has 1 aliphatic rings. The molecule has 0 aliphatic carbocycles. The topological polar surface area (TPSA) is 108 Å². The molecule has 8 nitrogen and oxygen atoms in total. The van der Waals surface area contributed by atoms with Crippen LogP contribution in [0.4, 0.5) is 10.1 Å². The molecular formula is C19H19FN4O4S. The van der Waals surface area contributed by atoms with Crippen LogP contribution in [0.25, 0.3) is 0 Å². The fourth-order valence-corrected chi connectivity index (χ4v) is 4.92. The van der Waals surface area contributed by atoms with Gasteiger partial charge in [0.1, 0.15) is 5.82 Å². The number of hydrogen-bond donors (Lipinski definition) is 0. The van der Waals surface area contributed by atoms with Gasteiger partial charge in [-0.3, -0.25) is 15.0 Å². The van der Waals surface area contributed by atoms with E-state index >= 15 is 0 Å². The molecule has 3 rings (SSSR count). The number of nitrogens with zero attached hydrogens (tertiary/aromatic N) is 4. The molecule has 1 heterocycles. The molecule has 0 bridgehead atoms. The number of aryl methyl sites for hydroxylation is 1. The molecule has 0 N–H and O–H groups in total. The van der Waals surface area contributed by atoms with Gasteiger partial charge in [0.25, 0.3) is 5.69 Å². The monoisotopic (exact) mass is 418 g/mol. The Labute approximate surface area is 168 Å². The highest BCUT2D eigenvalue weighted by atomic mass is 32.2. The lowest BCUT2D eigenvalue weighted by molar-refractivity contribution is -0.385. The second-order valence-corrected chi connectivity index (χ2v) is 8.71. The molecule has 2 aromatic rings. The van der Waals surface area contributed by atoms with Crippen molar-refractivity contribution in [3.8, 4) is 6.07 Å². The molecule has 0 unspecified atom stereocenters. The molecule has 0 radical (unpaired) electrons. The van der Waals surface area contributed by atoms with Crippen LogP contribution in [-0.4, -0.2) is 48.7 Å². The molecule has 0 atom stereocenters. The Balaban J connectivity index is 1.73. The van der Waals surface area contributed by atoms with Crippen LogP contribution < -0.4 is 0 Å². The zero-order chi connectivity index (χ0) is 21.2. The number of rotatable bonds is 5. The molecule has 1 aliphatic heterocycles. The fraction of sp³-hybridized carbons (Fsp3) is 0.316. The van der Waals surface area contributed by atoms with E-state index in [1.165, 1.54) is 34.6 Å². The van der Waals surface area contributed by atoms with Crippen LogP contribution in [0.3, 0.4) is 0 Å². The molecule has 2 aromatic carbocycles. The number of piperazine rings is 1. The van der Waals surface area contributed by atoms with Crippen LogP contribution in [0.15, 0.2) is 41.3 Å². The minimum absolute atomic E-state index is 0.0760. The van der Waals surface area contributed by atoms with Crippen LogP contribution in [-0.2, 0) is 16.6 Å². The average Bonchev–Trinajstić information content (AvgIpc) is 2.70. The summed E-state index contributed by atoms with van der Waals surface area (Å²) in [5, 5.41) is 20.0. The first kappa shape index (κ1) is 20.9. The van der Waals surface area contributed by atoms with Gasteiger partial charge < -0.3 is 0 Å². The number of halogens is 1. The van der Waals surface area contributed by atoms with Gasteiger partial charge in [-0.05, 0) is 30.7 Å². The lowest BCUT2D eigenvalue weighted by atomic mass is 10.1. The predicted molar refractivity (Wildman–Crippen MR) is 103 cm³/mol. The van der Waals surface area contributed by atoms with Gasteiger partial charge in [-0.15, -0.1) is 0 Å². The van der Waals surface area contributed by atoms with E-state index < -0.39 is 20.8 Å². The van der Waals surface area contributed by atoms with Gasteiger partial charge in [-0.25, -0.2) is 12.8 Å². The van der Waals surface area contributed by atoms with Crippen molar-refractivity contribution in [1.82, 2.24) is 9.21 Å². The summed E-state index contributed by atoms with van der Waals surface area (Å²) in [4.78, 5) is 12.2. The van der Waals surface area contributed by atoms with Crippen LogP contribution in [0.2, 0.25) is 0 Å². The minimum Gasteiger partial charge on any atom is -0.296 e. The molecular weight excluding hydrogens is 399 g/mol. The normalized spacial score (nSPS) is 15.8. The van der Waals surface area contributed by atoms with Crippen molar-refractivity contribution in [3.05, 3.63) is 69.0 Å². The SMILES string of the molecule is Cc1ccc([N+](=O)[O-])cc1S(=O)(=O)N1CCN(Cc2cc(C#N)ccc2F)CC1. The van der Waals surface area contributed by atoms with Crippen molar-refractivity contribution >= 4 is 15.7 Å². The molecule has 1 fully saturated rings. The van der Waals surface area contributed by atoms with Gasteiger partial charge in [0, 0.05) is 50.4 Å². The Bertz CT molecular complexity index is 1090. The maximum absolute atomic E-state index is 14.0. The van der Waals surface area contributed by atoms with E-state index in [2.05, 4.69) is 0 Å². The van der Waals surface area contributed by atoms with Crippen molar-refractivity contribution < 1.29 is 17.7 Å². The van der Waals surface area contributed by atoms with Gasteiger partial charge in [0.2, 0.25) is 10.0 Å². The lowest BCUT2D eigenvalue weighted by Crippen LogP contribution is -2.48. The predicted octanol–water partition coefficient (Wildman–Crippen LogP) is 2.42. The molecule has 10 heteroatoms. The Hall–Kier alpha value is -2.87. The lowest BCUT2D eigenvalue weighted by Gasteiger charge is -2.34. The van der Waals surface area contributed by atoms with E-state index in [1.807, 2.05) is 11.0 Å². The van der Waals surface area contributed by atoms with E-state index in [9.17, 15) is 22.9 Å². The van der Waals surface area contributed by atoms with Crippen LogP contribution in [0, 0.1) is 34.2 Å². The van der Waals surface area contributed by atoms with Crippen LogP contribution in [0.1, 0.15) is 16.7 Å². The summed E-state index contributed by atoms with van der Waals surface area (Å²) in [7, 11) is -3.88. The van der Waals surface area contributed by atoms with Gasteiger partial charge in [-0.2, -0.15) is 9.57 Å². The number of non-ortho nitro benzene ring substituents is 1. The first-order chi connectivity index (χ1) is 13.7. The van der Waals surface area contributed by atoms with Crippen LogP contribution in [0.5, 0.6) is 0 Å². The smallest absolute Gasteiger partial charge is 0.270 e. The largest absolute Gasteiger partial charge is 0.296 e. The Kier molecular flexibility index (Phi) is 5.93. The molecule has 29 heavy (non-hydrogen) atoms. The van der Waals surface area contributed by atoms with E-state index in [0.717, 1.165) is 6.07 Å². The van der Waals surface area contributed by atoms with E-state index in [4.69, 9.17) is 5.26 Å². The minimum atomic E-state index is -3.88. The number of nitro benzene ring substituents is 1. The summed E-state index contributed by atoms with van der Waals surface area (Å²) in [5.74, 6) is -0.411. The maximum Gasteiger partial charge on any atom is 0.270 e. The zero-order valence-electron chi connectivity index (χ0n) is 15.7. The molecule has 0 amide bonds. The molecule has 0 spiro atoms. The Morgan fingerprint density at radius 1 is 1.17 bits per heavy atom. The summed E-state index contributed by atoms with van der Waals surface area (Å²) < 4.78 is 41.2. The van der Waals surface area contributed by atoms with Crippen molar-refractivity contribution in [3.63, 3.8) is 0 Å². The summed E-state index contributed by atoms with van der Waals surface area (Å²) in [6.45, 7) is 2.99. The first-order valence-corrected chi connectivity index (χ1v) is 10.3. The molecule has 0 saturated carbocycles. The van der Waals surface area contributed by atoms with Gasteiger partial charge >= 0.3 is 0 Å². The van der Waals surface area contributed by atoms with Gasteiger partial charge in [0.05, 0.1) is 21.5 Å². The van der Waals surface area contributed by atoms with Gasteiger partial charge in [-0.1, -0.05) is 6.07 Å². The fourth-order valence-electron chi connectivity index (χ4n) is 3.25. The number of benzene rings is 2. The molecule has 0 aromatic heterocycles. The maximum atomic E-state index is 14.0. The van der Waals surface area contributed by atoms with Crippen molar-refractivity contribution in [2.75, 3.05) is 26.2 Å². The quantitative estimate of drug-likeness (QED) is 0.545. The average molecular weight is 418 g/mol. The van der Waals surface area contributed by atoms with Crippen molar-refractivity contribution in [2.45, 2.75) is 18.4 Å². The van der Waals surface area contributed by atoms with E-state index in [-0.39, 0.29) is 30.2 Å². The second kappa shape index (κ2) is 8.24. The van der Waals surface area contributed by atoms with Crippen molar-refractivity contribution in [1.29, 1.82) is 5.26 Å². The third-order valence-electron chi connectivity index (χ3n) is 4.90. The summed E-state index contributed by atoms with van der Waals surface area (Å²) in [5.41, 5.74) is 0.910. The Morgan fingerprint density at radius 2 is 1.86 bits per heavy atom. The summed E-state index contributed by atoms with van der Waals surface area (Å²) in [6.07, 6.45) is 0. The molecule has 1 saturated heterocycles. The summed E-state index contributed by atoms with van der Waals surface area (Å²) >= 11 is 0. The highest BCUT2D eigenvalue weighted by Gasteiger charge is 2.31. The van der Waals surface area contributed by atoms with Crippen molar-refractivity contribution in [2.24, 2.45) is 0 Å². The Morgan fingerprint density at radius 3 is 2.48 bits per heavy atom. The van der Waals surface area contributed by atoms with Crippen LogP contribution >= 0.6 is 0 Å². The third kappa shape index (κ3) is 4.42. The second-order valence-electron chi connectivity index (χ2n) is 6.81. The standard InChI is InChI=1S/C19H19FN4O4S/c1-14-2-4-17(24(25)26)11-19(14)29(27,28)23-8-6-22(7-9-23)13-16-10-15(12-21)3-5-18(16)20/h2-5,10-11H,6-9,13H2,1H3. The number of nitriles is 1. The van der Waals surface area contributed by atoms with E-state index in [0.29, 0.717) is 29.8 Å². The number of sulfonamides is 1. The highest BCUT2D eigenvalue weighted by molar-refractivity contribution is 7.89.